The molecule has 1 fully saturated rings. The van der Waals surface area contributed by atoms with Crippen LogP contribution in [0.25, 0.3) is 0 Å². The molecule has 3 atom stereocenters. The number of benzene rings is 2. The molecule has 3 unspecified atom stereocenters. The van der Waals surface area contributed by atoms with E-state index in [9.17, 15) is 0 Å². The monoisotopic (exact) mass is 506 g/mol. The van der Waals surface area contributed by atoms with Crippen LogP contribution >= 0.6 is 23.4 Å². The Morgan fingerprint density at radius 2 is 1.97 bits per heavy atom. The average Bonchev–Trinajstić information content (AvgIpc) is 3.04. The lowest BCUT2D eigenvalue weighted by atomic mass is 9.98. The lowest BCUT2D eigenvalue weighted by molar-refractivity contribution is -0.105. The summed E-state index contributed by atoms with van der Waals surface area (Å²) in [6.07, 6.45) is 16.3. The number of fused-ring (bicyclic) bond motifs is 1. The van der Waals surface area contributed by atoms with E-state index in [2.05, 4.69) is 72.7 Å². The average molecular weight is 507 g/mol. The molecule has 0 aromatic heterocycles. The molecule has 2 aromatic carbocycles. The van der Waals surface area contributed by atoms with Gasteiger partial charge in [-0.2, -0.15) is 0 Å². The maximum absolute atomic E-state index is 6.14. The Hall–Kier alpha value is -2.47. The van der Waals surface area contributed by atoms with E-state index in [0.717, 1.165) is 66.7 Å². The van der Waals surface area contributed by atoms with Gasteiger partial charge in [-0.25, -0.2) is 0 Å². The molecule has 4 nitrogen and oxygen atoms in total. The van der Waals surface area contributed by atoms with Crippen molar-refractivity contribution >= 4 is 34.8 Å². The number of likely N-dealkylation sites (N-methyl/N-ethyl adjacent to an activating group) is 1. The summed E-state index contributed by atoms with van der Waals surface area (Å²) in [6.45, 7) is 2.41. The summed E-state index contributed by atoms with van der Waals surface area (Å²) < 4.78 is 11.9. The summed E-state index contributed by atoms with van der Waals surface area (Å²) in [5.41, 5.74) is 3.30. The van der Waals surface area contributed by atoms with Crippen LogP contribution in [0.2, 0.25) is 5.02 Å². The molecule has 1 aliphatic carbocycles. The van der Waals surface area contributed by atoms with Crippen LogP contribution in [0.15, 0.2) is 88.8 Å². The Morgan fingerprint density at radius 3 is 2.80 bits per heavy atom. The van der Waals surface area contributed by atoms with Gasteiger partial charge in [0, 0.05) is 58.4 Å². The molecule has 0 bridgehead atoms. The minimum Gasteiger partial charge on any atom is -0.465 e. The van der Waals surface area contributed by atoms with Crippen LogP contribution in [0, 0.1) is 5.92 Å². The van der Waals surface area contributed by atoms with Gasteiger partial charge < -0.3 is 14.4 Å². The third-order valence-corrected chi connectivity index (χ3v) is 8.01. The number of anilines is 1. The smallest absolute Gasteiger partial charge is 0.199 e. The predicted octanol–water partition coefficient (Wildman–Crippen LogP) is 6.94. The van der Waals surface area contributed by atoms with E-state index in [1.807, 2.05) is 30.0 Å². The topological polar surface area (TPSA) is 34.1 Å². The third kappa shape index (κ3) is 6.21. The van der Waals surface area contributed by atoms with Crippen LogP contribution in [0.3, 0.4) is 0 Å². The van der Waals surface area contributed by atoms with Gasteiger partial charge in [0.2, 0.25) is 0 Å². The number of hydrogen-bond acceptors (Lipinski definition) is 5. The van der Waals surface area contributed by atoms with Crippen molar-refractivity contribution in [1.82, 2.24) is 0 Å². The summed E-state index contributed by atoms with van der Waals surface area (Å²) >= 11 is 7.92. The molecule has 0 radical (unpaired) electrons. The molecule has 1 saturated heterocycles. The molecule has 2 heterocycles. The summed E-state index contributed by atoms with van der Waals surface area (Å²) in [6, 6.07) is 14.4. The van der Waals surface area contributed by atoms with Crippen molar-refractivity contribution < 1.29 is 9.47 Å². The van der Waals surface area contributed by atoms with Gasteiger partial charge in [-0.05, 0) is 55.3 Å². The first-order valence-corrected chi connectivity index (χ1v) is 13.6. The maximum atomic E-state index is 6.14. The molecule has 0 amide bonds. The second-order valence-electron chi connectivity index (χ2n) is 9.02. The normalized spacial score (nSPS) is 24.2. The number of benzodiazepines with no additional fused rings is 1. The highest BCUT2D eigenvalue weighted by molar-refractivity contribution is 8.00. The van der Waals surface area contributed by atoms with E-state index in [-0.39, 0.29) is 12.2 Å². The predicted molar refractivity (Wildman–Crippen MR) is 147 cm³/mol. The number of aliphatic imine (C=N–C) groups is 1. The second kappa shape index (κ2) is 11.5. The standard InChI is InChI=1S/C29H31ClN2O2S/c1-32-18-17-31-26(25-15-12-23(20-27(25)32)34-29-8-4-5-19-33-29)16-9-21-6-2-3-7-28(21)35-24-13-10-22(30)11-14-24/h2-3,6-7,9-16,20-21,28-29H,4-5,8,17-19H2,1H3/b16-9+. The van der Waals surface area contributed by atoms with Gasteiger partial charge in [0.05, 0.1) is 18.9 Å². The van der Waals surface area contributed by atoms with Crippen molar-refractivity contribution in [2.45, 2.75) is 35.7 Å². The van der Waals surface area contributed by atoms with Crippen molar-refractivity contribution in [3.63, 3.8) is 0 Å². The quantitative estimate of drug-likeness (QED) is 0.424. The number of rotatable bonds is 6. The van der Waals surface area contributed by atoms with Crippen LogP contribution in [0.1, 0.15) is 24.8 Å². The lowest BCUT2D eigenvalue weighted by Crippen LogP contribution is -2.25. The van der Waals surface area contributed by atoms with Crippen molar-refractivity contribution in [3.8, 4) is 5.75 Å². The molecule has 0 saturated carbocycles. The number of thioether (sulfide) groups is 1. The zero-order chi connectivity index (χ0) is 24.0. The summed E-state index contributed by atoms with van der Waals surface area (Å²) in [5.74, 6) is 1.13. The molecule has 182 valence electrons. The molecular weight excluding hydrogens is 476 g/mol. The first-order valence-electron chi connectivity index (χ1n) is 12.3. The van der Waals surface area contributed by atoms with Crippen LogP contribution in [-0.2, 0) is 4.74 Å². The van der Waals surface area contributed by atoms with Gasteiger partial charge in [0.1, 0.15) is 5.75 Å². The highest BCUT2D eigenvalue weighted by Gasteiger charge is 2.21. The van der Waals surface area contributed by atoms with Crippen molar-refractivity contribution in [1.29, 1.82) is 0 Å². The van der Waals surface area contributed by atoms with E-state index >= 15 is 0 Å². The Labute approximate surface area is 217 Å². The number of ether oxygens (including phenoxy) is 2. The summed E-state index contributed by atoms with van der Waals surface area (Å²) in [7, 11) is 2.12. The molecular formula is C29H31ClN2O2S. The van der Waals surface area contributed by atoms with E-state index in [1.165, 1.54) is 4.90 Å². The van der Waals surface area contributed by atoms with E-state index in [0.29, 0.717) is 5.25 Å². The molecule has 0 N–H and O–H groups in total. The van der Waals surface area contributed by atoms with E-state index in [1.54, 1.807) is 0 Å². The third-order valence-electron chi connectivity index (χ3n) is 6.47. The molecule has 3 aliphatic rings. The summed E-state index contributed by atoms with van der Waals surface area (Å²) in [4.78, 5) is 8.40. The van der Waals surface area contributed by atoms with Gasteiger partial charge in [0.15, 0.2) is 6.29 Å². The Kier molecular flexibility index (Phi) is 7.97. The first kappa shape index (κ1) is 24.2. The van der Waals surface area contributed by atoms with Gasteiger partial charge in [-0.15, -0.1) is 11.8 Å². The Morgan fingerprint density at radius 1 is 1.11 bits per heavy atom. The molecule has 2 aromatic rings. The number of hydrogen-bond donors (Lipinski definition) is 0. The zero-order valence-electron chi connectivity index (χ0n) is 20.0. The van der Waals surface area contributed by atoms with Gasteiger partial charge >= 0.3 is 0 Å². The zero-order valence-corrected chi connectivity index (χ0v) is 21.5. The van der Waals surface area contributed by atoms with E-state index < -0.39 is 0 Å². The van der Waals surface area contributed by atoms with Gasteiger partial charge in [0.25, 0.3) is 0 Å². The molecule has 6 heteroatoms. The van der Waals surface area contributed by atoms with Crippen LogP contribution in [0.4, 0.5) is 5.69 Å². The minimum absolute atomic E-state index is 0.146. The first-order chi connectivity index (χ1) is 17.2. The number of allylic oxidation sites excluding steroid dienone is 5. The fraction of sp³-hybridized carbons (Fsp3) is 0.345. The number of halogens is 1. The van der Waals surface area contributed by atoms with Gasteiger partial charge in [-0.1, -0.05) is 42.0 Å². The van der Waals surface area contributed by atoms with E-state index in [4.69, 9.17) is 26.1 Å². The highest BCUT2D eigenvalue weighted by Crippen LogP contribution is 2.34. The highest BCUT2D eigenvalue weighted by atomic mass is 35.5. The second-order valence-corrected chi connectivity index (χ2v) is 10.7. The van der Waals surface area contributed by atoms with Crippen LogP contribution < -0.4 is 9.64 Å². The summed E-state index contributed by atoms with van der Waals surface area (Å²) in [5, 5.41) is 1.08. The van der Waals surface area contributed by atoms with Crippen molar-refractivity contribution in [2.24, 2.45) is 10.9 Å². The minimum atomic E-state index is -0.146. The molecule has 0 spiro atoms. The maximum Gasteiger partial charge on any atom is 0.199 e. The fourth-order valence-electron chi connectivity index (χ4n) is 4.51. The number of nitrogens with zero attached hydrogens (tertiary/aromatic N) is 2. The molecule has 2 aliphatic heterocycles. The molecule has 5 rings (SSSR count). The van der Waals surface area contributed by atoms with Crippen molar-refractivity contribution in [3.05, 3.63) is 89.5 Å². The lowest BCUT2D eigenvalue weighted by Gasteiger charge is -2.25. The van der Waals surface area contributed by atoms with Gasteiger partial charge in [-0.3, -0.25) is 4.99 Å². The largest absolute Gasteiger partial charge is 0.465 e. The molecule has 35 heavy (non-hydrogen) atoms. The fourth-order valence-corrected chi connectivity index (χ4v) is 5.75. The Balaban J connectivity index is 1.33. The Bertz CT molecular complexity index is 1140. The SMILES string of the molecule is CN1CCN=C(/C=C/C2C=CC=CC2Sc2ccc(Cl)cc2)c2ccc(OC3CCCCO3)cc21. The van der Waals surface area contributed by atoms with Crippen LogP contribution in [-0.4, -0.2) is 44.0 Å². The van der Waals surface area contributed by atoms with Crippen LogP contribution in [0.5, 0.6) is 5.75 Å². The van der Waals surface area contributed by atoms with Crippen molar-refractivity contribution in [2.75, 3.05) is 31.6 Å².